The first-order valence-corrected chi connectivity index (χ1v) is 9.20. The highest BCUT2D eigenvalue weighted by atomic mass is 16.2. The van der Waals surface area contributed by atoms with E-state index in [2.05, 4.69) is 52.2 Å². The molecule has 1 amide bonds. The molecule has 0 bridgehead atoms. The maximum Gasteiger partial charge on any atom is 0.239 e. The van der Waals surface area contributed by atoms with Crippen molar-refractivity contribution in [2.45, 2.75) is 52.2 Å². The molecule has 4 rings (SSSR count). The third kappa shape index (κ3) is 2.97. The minimum absolute atomic E-state index is 0.0355. The Morgan fingerprint density at radius 1 is 1.24 bits per heavy atom. The van der Waals surface area contributed by atoms with Gasteiger partial charge >= 0.3 is 0 Å². The smallest absolute Gasteiger partial charge is 0.239 e. The number of fused-ring (bicyclic) bond motifs is 1. The van der Waals surface area contributed by atoms with Gasteiger partial charge in [-0.3, -0.25) is 9.69 Å². The summed E-state index contributed by atoms with van der Waals surface area (Å²) in [6, 6.07) is 11.0. The van der Waals surface area contributed by atoms with Gasteiger partial charge in [-0.05, 0) is 57.4 Å². The number of aryl methyl sites for hydroxylation is 2. The summed E-state index contributed by atoms with van der Waals surface area (Å²) in [6.45, 7) is 8.87. The first-order valence-electron chi connectivity index (χ1n) is 9.20. The molecule has 2 fully saturated rings. The van der Waals surface area contributed by atoms with Crippen LogP contribution in [0, 0.1) is 13.8 Å². The Morgan fingerprint density at radius 2 is 2.08 bits per heavy atom. The van der Waals surface area contributed by atoms with Crippen LogP contribution < -0.4 is 0 Å². The fraction of sp³-hybridized carbons (Fsp3) is 0.500. The molecule has 5 heteroatoms. The molecule has 2 atom stereocenters. The number of nitrogens with zero attached hydrogens (tertiary/aromatic N) is 4. The second-order valence-corrected chi connectivity index (χ2v) is 7.44. The van der Waals surface area contributed by atoms with Crippen LogP contribution in [0.25, 0.3) is 5.69 Å². The normalized spacial score (nSPS) is 24.0. The van der Waals surface area contributed by atoms with E-state index in [0.29, 0.717) is 11.9 Å². The lowest BCUT2D eigenvalue weighted by atomic mass is 10.1. The highest BCUT2D eigenvalue weighted by molar-refractivity contribution is 5.83. The number of rotatable bonds is 3. The van der Waals surface area contributed by atoms with Crippen LogP contribution in [-0.4, -0.2) is 50.7 Å². The minimum atomic E-state index is -0.0355. The van der Waals surface area contributed by atoms with Crippen molar-refractivity contribution in [1.29, 1.82) is 0 Å². The highest BCUT2D eigenvalue weighted by Gasteiger charge is 2.39. The van der Waals surface area contributed by atoms with Crippen LogP contribution >= 0.6 is 0 Å². The standard InChI is InChI=1S/C20H26N4O/c1-14-10-15(2)24(21-14)18-7-4-6-17(11-18)12-22-13-19-8-5-9-23(19)20(25)16(22)3/h4,6-7,10-11,16,19H,5,8-9,12-13H2,1-3H3/t16-,19-/m1/s1. The average molecular weight is 338 g/mol. The molecule has 2 aliphatic rings. The second kappa shape index (κ2) is 6.30. The van der Waals surface area contributed by atoms with E-state index in [1.54, 1.807) is 0 Å². The Labute approximate surface area is 149 Å². The summed E-state index contributed by atoms with van der Waals surface area (Å²) in [5.74, 6) is 0.295. The van der Waals surface area contributed by atoms with Crippen molar-refractivity contribution in [1.82, 2.24) is 19.6 Å². The van der Waals surface area contributed by atoms with E-state index in [4.69, 9.17) is 0 Å². The van der Waals surface area contributed by atoms with E-state index in [1.165, 1.54) is 5.56 Å². The van der Waals surface area contributed by atoms with Crippen LogP contribution in [0.15, 0.2) is 30.3 Å². The molecule has 25 heavy (non-hydrogen) atoms. The molecular formula is C20H26N4O. The maximum absolute atomic E-state index is 12.6. The molecule has 1 aromatic carbocycles. The van der Waals surface area contributed by atoms with E-state index >= 15 is 0 Å². The van der Waals surface area contributed by atoms with Crippen molar-refractivity contribution in [2.24, 2.45) is 0 Å². The number of piperazine rings is 1. The fourth-order valence-electron chi connectivity index (χ4n) is 4.25. The molecule has 5 nitrogen and oxygen atoms in total. The van der Waals surface area contributed by atoms with Gasteiger partial charge in [-0.25, -0.2) is 4.68 Å². The number of aromatic nitrogens is 2. The molecule has 0 N–H and O–H groups in total. The van der Waals surface area contributed by atoms with Gasteiger partial charge in [-0.1, -0.05) is 12.1 Å². The van der Waals surface area contributed by atoms with Crippen LogP contribution in [0.2, 0.25) is 0 Å². The predicted molar refractivity (Wildman–Crippen MR) is 97.6 cm³/mol. The molecule has 0 radical (unpaired) electrons. The molecule has 0 unspecified atom stereocenters. The average Bonchev–Trinajstić information content (AvgIpc) is 3.18. The first-order chi connectivity index (χ1) is 12.0. The van der Waals surface area contributed by atoms with Crippen LogP contribution in [-0.2, 0) is 11.3 Å². The van der Waals surface area contributed by atoms with Crippen molar-refractivity contribution in [3.63, 3.8) is 0 Å². The van der Waals surface area contributed by atoms with Crippen molar-refractivity contribution in [2.75, 3.05) is 13.1 Å². The lowest BCUT2D eigenvalue weighted by Gasteiger charge is -2.41. The molecule has 0 spiro atoms. The number of benzene rings is 1. The largest absolute Gasteiger partial charge is 0.337 e. The van der Waals surface area contributed by atoms with E-state index in [1.807, 2.05) is 18.5 Å². The molecule has 0 aliphatic carbocycles. The monoisotopic (exact) mass is 338 g/mol. The Morgan fingerprint density at radius 3 is 2.84 bits per heavy atom. The summed E-state index contributed by atoms with van der Waals surface area (Å²) in [4.78, 5) is 17.0. The maximum atomic E-state index is 12.6. The zero-order valence-electron chi connectivity index (χ0n) is 15.3. The number of carbonyl (C=O) groups excluding carboxylic acids is 1. The third-order valence-electron chi connectivity index (χ3n) is 5.56. The van der Waals surface area contributed by atoms with Gasteiger partial charge in [-0.2, -0.15) is 5.10 Å². The number of hydrogen-bond donors (Lipinski definition) is 0. The molecule has 2 saturated heterocycles. The van der Waals surface area contributed by atoms with Crippen LogP contribution in [0.1, 0.15) is 36.7 Å². The summed E-state index contributed by atoms with van der Waals surface area (Å²) in [5, 5.41) is 4.58. The van der Waals surface area contributed by atoms with Crippen LogP contribution in [0.5, 0.6) is 0 Å². The van der Waals surface area contributed by atoms with E-state index in [-0.39, 0.29) is 6.04 Å². The summed E-state index contributed by atoms with van der Waals surface area (Å²) < 4.78 is 1.99. The van der Waals surface area contributed by atoms with Gasteiger partial charge in [0.15, 0.2) is 0 Å². The molecule has 1 aromatic heterocycles. The Bertz CT molecular complexity index is 797. The minimum Gasteiger partial charge on any atom is -0.337 e. The summed E-state index contributed by atoms with van der Waals surface area (Å²) >= 11 is 0. The Balaban J connectivity index is 1.56. The highest BCUT2D eigenvalue weighted by Crippen LogP contribution is 2.27. The molecule has 2 aromatic rings. The first kappa shape index (κ1) is 16.3. The van der Waals surface area contributed by atoms with E-state index in [0.717, 1.165) is 49.6 Å². The summed E-state index contributed by atoms with van der Waals surface area (Å²) in [5.41, 5.74) is 4.48. The zero-order valence-corrected chi connectivity index (χ0v) is 15.3. The quantitative estimate of drug-likeness (QED) is 0.864. The molecular weight excluding hydrogens is 312 g/mol. The molecule has 3 heterocycles. The van der Waals surface area contributed by atoms with E-state index < -0.39 is 0 Å². The second-order valence-electron chi connectivity index (χ2n) is 7.44. The SMILES string of the molecule is Cc1cc(C)n(-c2cccc(CN3C[C@H]4CCCN4C(=O)[C@H]3C)c2)n1. The molecule has 132 valence electrons. The van der Waals surface area contributed by atoms with Gasteiger partial charge in [0, 0.05) is 31.4 Å². The van der Waals surface area contributed by atoms with Crippen molar-refractivity contribution < 1.29 is 4.79 Å². The lowest BCUT2D eigenvalue weighted by Crippen LogP contribution is -2.58. The molecule has 0 saturated carbocycles. The predicted octanol–water partition coefficient (Wildman–Crippen LogP) is 2.68. The van der Waals surface area contributed by atoms with Gasteiger partial charge in [0.2, 0.25) is 5.91 Å². The van der Waals surface area contributed by atoms with Crippen molar-refractivity contribution in [3.05, 3.63) is 47.3 Å². The number of carbonyl (C=O) groups is 1. The molecule has 2 aliphatic heterocycles. The zero-order chi connectivity index (χ0) is 17.6. The Kier molecular flexibility index (Phi) is 4.12. The van der Waals surface area contributed by atoms with Gasteiger partial charge in [0.05, 0.1) is 17.4 Å². The van der Waals surface area contributed by atoms with Gasteiger partial charge in [0.25, 0.3) is 0 Å². The lowest BCUT2D eigenvalue weighted by molar-refractivity contribution is -0.143. The number of hydrogen-bond acceptors (Lipinski definition) is 3. The van der Waals surface area contributed by atoms with Crippen molar-refractivity contribution >= 4 is 5.91 Å². The Hall–Kier alpha value is -2.14. The van der Waals surface area contributed by atoms with Crippen molar-refractivity contribution in [3.8, 4) is 5.69 Å². The summed E-state index contributed by atoms with van der Waals surface area (Å²) in [7, 11) is 0. The third-order valence-corrected chi connectivity index (χ3v) is 5.56. The fourth-order valence-corrected chi connectivity index (χ4v) is 4.25. The topological polar surface area (TPSA) is 41.4 Å². The van der Waals surface area contributed by atoms with Gasteiger partial charge < -0.3 is 4.90 Å². The van der Waals surface area contributed by atoms with Crippen LogP contribution in [0.4, 0.5) is 0 Å². The van der Waals surface area contributed by atoms with Crippen LogP contribution in [0.3, 0.4) is 0 Å². The summed E-state index contributed by atoms with van der Waals surface area (Å²) in [6.07, 6.45) is 2.28. The van der Waals surface area contributed by atoms with E-state index in [9.17, 15) is 4.79 Å². The van der Waals surface area contributed by atoms with Gasteiger partial charge in [-0.15, -0.1) is 0 Å². The number of amides is 1. The van der Waals surface area contributed by atoms with Gasteiger partial charge in [0.1, 0.15) is 0 Å².